The minimum atomic E-state index is -1.75. The Bertz CT molecular complexity index is 1960. The molecular weight excluding hydrogens is 708 g/mol. The van der Waals surface area contributed by atoms with E-state index in [1.54, 1.807) is 32.6 Å². The van der Waals surface area contributed by atoms with Crippen LogP contribution >= 0.6 is 0 Å². The first-order valence-corrected chi connectivity index (χ1v) is 17.8. The van der Waals surface area contributed by atoms with Gasteiger partial charge in [-0.2, -0.15) is 0 Å². The number of carboxylic acid groups (broad SMARTS) is 1. The van der Waals surface area contributed by atoms with Gasteiger partial charge in [0, 0.05) is 47.4 Å². The number of methoxy groups -OCH3 is 2. The molecule has 8 unspecified atom stereocenters. The van der Waals surface area contributed by atoms with Crippen molar-refractivity contribution < 1.29 is 72.9 Å². The molecule has 2 aromatic rings. The van der Waals surface area contributed by atoms with E-state index < -0.39 is 67.4 Å². The number of carbonyl (C=O) groups excluding carboxylic acids is 2. The van der Waals surface area contributed by atoms with Crippen molar-refractivity contribution >= 4 is 23.9 Å². The van der Waals surface area contributed by atoms with Gasteiger partial charge < -0.3 is 53.6 Å². The van der Waals surface area contributed by atoms with E-state index in [1.807, 2.05) is 24.4 Å². The third kappa shape index (κ3) is 6.26. The van der Waals surface area contributed by atoms with E-state index in [0.717, 1.165) is 32.9 Å². The van der Waals surface area contributed by atoms with Crippen LogP contribution in [0.5, 0.6) is 28.7 Å². The van der Waals surface area contributed by atoms with Crippen LogP contribution in [0.3, 0.4) is 0 Å². The first-order chi connectivity index (χ1) is 26.0. The molecule has 8 atom stereocenters. The molecule has 5 aliphatic heterocycles. The highest BCUT2D eigenvalue weighted by Gasteiger charge is 2.58. The fourth-order valence-corrected chi connectivity index (χ4v) is 8.49. The molecule has 2 fully saturated rings. The summed E-state index contributed by atoms with van der Waals surface area (Å²) in [5.74, 6) is -0.464. The molecule has 16 nitrogen and oxygen atoms in total. The Morgan fingerprint density at radius 2 is 1.85 bits per heavy atom. The van der Waals surface area contributed by atoms with Gasteiger partial charge in [-0.3, -0.25) is 24.3 Å². The highest BCUT2D eigenvalue weighted by Crippen LogP contribution is 2.64. The third-order valence-electron chi connectivity index (χ3n) is 11.1. The predicted octanol–water partition coefficient (Wildman–Crippen LogP) is 0.650. The van der Waals surface area contributed by atoms with Gasteiger partial charge in [-0.15, -0.1) is 0 Å². The van der Waals surface area contributed by atoms with Crippen molar-refractivity contribution in [1.29, 1.82) is 0 Å². The molecule has 1 spiro atoms. The number of aliphatic imine (C=N–C) groups is 1. The van der Waals surface area contributed by atoms with Crippen molar-refractivity contribution in [2.75, 3.05) is 27.4 Å². The number of ketones is 1. The van der Waals surface area contributed by atoms with Crippen molar-refractivity contribution in [2.24, 2.45) is 4.99 Å². The Labute approximate surface area is 309 Å². The first kappa shape index (κ1) is 36.0. The molecule has 1 saturated heterocycles. The number of fused-ring (bicyclic) bond motifs is 7. The molecule has 286 valence electrons. The molecule has 0 bridgehead atoms. The molecule has 0 amide bonds. The van der Waals surface area contributed by atoms with Gasteiger partial charge in [0.15, 0.2) is 11.5 Å². The van der Waals surface area contributed by atoms with Crippen LogP contribution in [0.2, 0.25) is 0 Å². The van der Waals surface area contributed by atoms with Crippen LogP contribution in [0.25, 0.3) is 0 Å². The van der Waals surface area contributed by atoms with Gasteiger partial charge in [0.1, 0.15) is 91.4 Å². The minimum Gasteiger partial charge on any atom is -0.493 e. The number of nitrogens with zero attached hydrogens (tertiary/aromatic N) is 1. The van der Waals surface area contributed by atoms with E-state index in [9.17, 15) is 29.7 Å². The number of carboxylic acids is 1. The summed E-state index contributed by atoms with van der Waals surface area (Å²) >= 11 is 0. The van der Waals surface area contributed by atoms with Gasteiger partial charge in [-0.1, -0.05) is 6.07 Å². The van der Waals surface area contributed by atoms with Crippen LogP contribution < -0.4 is 28.6 Å². The summed E-state index contributed by atoms with van der Waals surface area (Å²) in [6, 6.07) is 7.25. The summed E-state index contributed by atoms with van der Waals surface area (Å²) in [5.41, 5.74) is 3.62. The smallest absolute Gasteiger partial charge is 0.317 e. The van der Waals surface area contributed by atoms with Gasteiger partial charge in [0.2, 0.25) is 12.0 Å². The largest absolute Gasteiger partial charge is 0.493 e. The Kier molecular flexibility index (Phi) is 9.34. The lowest BCUT2D eigenvalue weighted by Gasteiger charge is -2.48. The molecule has 5 N–H and O–H groups in total. The Hall–Kier alpha value is -5.00. The van der Waals surface area contributed by atoms with Crippen LogP contribution in [-0.2, 0) is 30.4 Å². The Morgan fingerprint density at radius 1 is 1.06 bits per heavy atom. The Balaban J connectivity index is 1.18. The van der Waals surface area contributed by atoms with Crippen molar-refractivity contribution in [3.63, 3.8) is 0 Å². The van der Waals surface area contributed by atoms with Crippen LogP contribution in [-0.4, -0.2) is 108 Å². The summed E-state index contributed by atoms with van der Waals surface area (Å²) in [6.45, 7) is 0.530. The number of aliphatic hydroxyl groups excluding tert-OH is 3. The molecule has 16 heteroatoms. The molecule has 5 heterocycles. The monoisotopic (exact) mass is 749 g/mol. The second-order valence-corrected chi connectivity index (χ2v) is 14.3. The summed E-state index contributed by atoms with van der Waals surface area (Å²) < 4.78 is 42.3. The zero-order valence-corrected chi connectivity index (χ0v) is 29.6. The number of hydrogen-bond acceptors (Lipinski definition) is 14. The number of hydrogen-bond donors (Lipinski definition) is 5. The second-order valence-electron chi connectivity index (χ2n) is 14.3. The number of aliphatic carboxylic acids is 1. The van der Waals surface area contributed by atoms with Crippen molar-refractivity contribution in [3.8, 4) is 28.7 Å². The number of nitrogens with one attached hydrogen (secondary N) is 1. The van der Waals surface area contributed by atoms with Crippen molar-refractivity contribution in [3.05, 3.63) is 64.5 Å². The van der Waals surface area contributed by atoms with Crippen molar-refractivity contribution in [1.82, 2.24) is 0 Å². The van der Waals surface area contributed by atoms with E-state index in [4.69, 9.17) is 38.3 Å². The number of rotatable bonds is 10. The van der Waals surface area contributed by atoms with Crippen LogP contribution in [0.4, 0.5) is 0 Å². The number of aliphatic hydroxyl groups is 3. The van der Waals surface area contributed by atoms with Crippen LogP contribution in [0.15, 0.2) is 52.8 Å². The number of ether oxygens (including phenoxy) is 7. The van der Waals surface area contributed by atoms with E-state index in [-0.39, 0.29) is 17.5 Å². The van der Waals surface area contributed by atoms with E-state index in [0.29, 0.717) is 61.8 Å². The summed E-state index contributed by atoms with van der Waals surface area (Å²) in [6.07, 6.45) is -2.17. The van der Waals surface area contributed by atoms with E-state index >= 15 is 0 Å². The first-order valence-electron chi connectivity index (χ1n) is 17.8. The minimum absolute atomic E-state index is 0.149. The highest BCUT2D eigenvalue weighted by molar-refractivity contribution is 5.90. The van der Waals surface area contributed by atoms with Crippen LogP contribution in [0, 0.1) is 0 Å². The number of quaternary nitrogens is 1. The number of esters is 1. The average molecular weight is 750 g/mol. The SMILES string of the molecule is COc1ccc2c(c1OC)OC1c3c(C[NH+]4C=C5N=CC=C5C4)cc(OC4OC(COC(=O)CC(=O)O)C(O)C(O)C4O)cc3OC3(CCC(=O)CC3)C21. The lowest BCUT2D eigenvalue weighted by molar-refractivity contribution is -0.851. The maximum Gasteiger partial charge on any atom is 0.317 e. The number of Topliss-reactive ketones (excluding diaryl/α,β-unsaturated/α-hetero) is 1. The third-order valence-corrected chi connectivity index (χ3v) is 11.1. The Morgan fingerprint density at radius 3 is 2.57 bits per heavy atom. The molecular formula is C38H41N2O14+. The van der Waals surface area contributed by atoms with Gasteiger partial charge in [0.05, 0.1) is 20.1 Å². The lowest BCUT2D eigenvalue weighted by Crippen LogP contribution is -3.04. The summed E-state index contributed by atoms with van der Waals surface area (Å²) in [5, 5.41) is 41.2. The van der Waals surface area contributed by atoms with Crippen LogP contribution in [0.1, 0.15) is 60.8 Å². The van der Waals surface area contributed by atoms with Gasteiger partial charge in [-0.25, -0.2) is 0 Å². The predicted molar refractivity (Wildman–Crippen MR) is 184 cm³/mol. The highest BCUT2D eigenvalue weighted by atomic mass is 16.7. The quantitative estimate of drug-likeness (QED) is 0.167. The molecule has 0 radical (unpaired) electrons. The van der Waals surface area contributed by atoms with E-state index in [2.05, 4.69) is 4.99 Å². The molecule has 54 heavy (non-hydrogen) atoms. The maximum absolute atomic E-state index is 12.6. The normalized spacial score (nSPS) is 29.8. The molecule has 2 aromatic carbocycles. The molecule has 0 aromatic heterocycles. The average Bonchev–Trinajstić information content (AvgIpc) is 3.86. The van der Waals surface area contributed by atoms with Gasteiger partial charge in [-0.05, 0) is 31.1 Å². The molecule has 8 rings (SSSR count). The van der Waals surface area contributed by atoms with Crippen molar-refractivity contribution in [2.45, 2.75) is 87.0 Å². The molecule has 6 aliphatic rings. The second kappa shape index (κ2) is 14.0. The number of carbonyl (C=O) groups is 3. The maximum atomic E-state index is 12.6. The summed E-state index contributed by atoms with van der Waals surface area (Å²) in [7, 11) is 3.11. The van der Waals surface area contributed by atoms with Gasteiger partial charge in [0.25, 0.3) is 0 Å². The zero-order chi connectivity index (χ0) is 37.9. The topological polar surface area (TPSA) is 214 Å². The fourth-order valence-electron chi connectivity index (χ4n) is 8.49. The number of allylic oxidation sites excluding steroid dienone is 1. The fraction of sp³-hybridized carbons (Fsp3) is 0.474. The molecule has 1 saturated carbocycles. The lowest BCUT2D eigenvalue weighted by atomic mass is 9.67. The summed E-state index contributed by atoms with van der Waals surface area (Å²) in [4.78, 5) is 41.0. The standard InChI is InChI=1S/C38H40N2O14/c1-48-24-4-3-22-30-36(53-34(22)35(24)49-2)29-19(15-40-14-18-7-10-39-23(18)16-40)11-21(12-25(29)54-38(30)8-5-20(41)6-9-38)51-37-33(47)32(46)31(45)26(52-37)17-50-28(44)13-27(42)43/h3-4,7,10-12,16,26,30-33,36-37,45-47H,5-6,8-9,13-15,17H2,1-2H3,(H,42,43)/p+1. The zero-order valence-electron chi connectivity index (χ0n) is 29.6. The van der Waals surface area contributed by atoms with Gasteiger partial charge >= 0.3 is 11.9 Å². The number of benzene rings is 2. The van der Waals surface area contributed by atoms with E-state index in [1.165, 1.54) is 0 Å². The molecule has 1 aliphatic carbocycles.